The summed E-state index contributed by atoms with van der Waals surface area (Å²) in [5.74, 6) is 1.65. The number of sulfonamides is 1. The number of carbonyl (C=O) groups is 1. The second-order valence-electron chi connectivity index (χ2n) is 7.35. The van der Waals surface area contributed by atoms with E-state index in [0.717, 1.165) is 9.87 Å². The van der Waals surface area contributed by atoms with Crippen LogP contribution in [0.15, 0.2) is 35.2 Å². The highest BCUT2D eigenvalue weighted by atomic mass is 32.2. The molecule has 0 saturated carbocycles. The topological polar surface area (TPSA) is 94.6 Å². The average Bonchev–Trinajstić information content (AvgIpc) is 2.81. The molecule has 10 heteroatoms. The van der Waals surface area contributed by atoms with Gasteiger partial charge in [0, 0.05) is 20.1 Å². The van der Waals surface area contributed by atoms with Gasteiger partial charge in [0.15, 0.2) is 11.5 Å². The zero-order valence-corrected chi connectivity index (χ0v) is 21.0. The number of aryl methyl sites for hydroxylation is 1. The van der Waals surface area contributed by atoms with Crippen molar-refractivity contribution in [1.29, 1.82) is 0 Å². The van der Waals surface area contributed by atoms with Crippen LogP contribution in [0.2, 0.25) is 0 Å². The minimum atomic E-state index is -3.86. The smallest absolute Gasteiger partial charge is 0.243 e. The van der Waals surface area contributed by atoms with E-state index in [4.69, 9.17) is 18.9 Å². The number of rotatable bonds is 11. The van der Waals surface area contributed by atoms with Crippen LogP contribution < -0.4 is 18.9 Å². The van der Waals surface area contributed by atoms with Gasteiger partial charge in [0.25, 0.3) is 0 Å². The number of likely N-dealkylation sites (N-methyl/N-ethyl adjacent to an activating group) is 2. The van der Waals surface area contributed by atoms with Crippen LogP contribution in [0.1, 0.15) is 18.1 Å². The summed E-state index contributed by atoms with van der Waals surface area (Å²) < 4.78 is 48.7. The monoisotopic (exact) mass is 480 g/mol. The molecule has 0 aliphatic rings. The lowest BCUT2D eigenvalue weighted by atomic mass is 10.1. The van der Waals surface area contributed by atoms with Crippen molar-refractivity contribution in [3.05, 3.63) is 41.5 Å². The van der Waals surface area contributed by atoms with E-state index in [0.29, 0.717) is 28.6 Å². The number of carbonyl (C=O) groups excluding carboxylic acids is 1. The minimum absolute atomic E-state index is 0.114. The molecule has 0 saturated heterocycles. The van der Waals surface area contributed by atoms with Gasteiger partial charge in [-0.25, -0.2) is 8.42 Å². The maximum atomic E-state index is 13.1. The Morgan fingerprint density at radius 2 is 1.48 bits per heavy atom. The summed E-state index contributed by atoms with van der Waals surface area (Å²) in [6.07, 6.45) is 0. The van der Waals surface area contributed by atoms with E-state index in [2.05, 4.69) is 0 Å². The van der Waals surface area contributed by atoms with E-state index in [1.807, 2.05) is 0 Å². The molecule has 2 aromatic carbocycles. The molecule has 0 atom stereocenters. The van der Waals surface area contributed by atoms with E-state index in [1.165, 1.54) is 39.4 Å². The summed E-state index contributed by atoms with van der Waals surface area (Å²) in [6, 6.07) is 8.13. The lowest BCUT2D eigenvalue weighted by Gasteiger charge is -2.24. The van der Waals surface area contributed by atoms with Gasteiger partial charge in [-0.15, -0.1) is 0 Å². The van der Waals surface area contributed by atoms with Crippen molar-refractivity contribution in [2.75, 3.05) is 48.6 Å². The maximum Gasteiger partial charge on any atom is 0.243 e. The fraction of sp³-hybridized carbons (Fsp3) is 0.435. The number of hydrogen-bond acceptors (Lipinski definition) is 7. The fourth-order valence-electron chi connectivity index (χ4n) is 3.39. The first-order chi connectivity index (χ1) is 15.6. The number of ether oxygens (including phenoxy) is 4. The Balaban J connectivity index is 2.21. The van der Waals surface area contributed by atoms with Gasteiger partial charge in [0.05, 0.1) is 39.9 Å². The van der Waals surface area contributed by atoms with E-state index in [9.17, 15) is 13.2 Å². The van der Waals surface area contributed by atoms with Gasteiger partial charge in [-0.1, -0.05) is 6.92 Å². The van der Waals surface area contributed by atoms with E-state index in [-0.39, 0.29) is 30.4 Å². The van der Waals surface area contributed by atoms with Gasteiger partial charge >= 0.3 is 0 Å². The highest BCUT2D eigenvalue weighted by molar-refractivity contribution is 7.89. The molecule has 0 fully saturated rings. The number of amides is 1. The zero-order valence-electron chi connectivity index (χ0n) is 20.2. The number of methoxy groups -OCH3 is 4. The Hall–Kier alpha value is -2.98. The Bertz CT molecular complexity index is 1060. The van der Waals surface area contributed by atoms with Crippen LogP contribution in [-0.2, 0) is 21.4 Å². The first-order valence-electron chi connectivity index (χ1n) is 10.3. The molecule has 0 aromatic heterocycles. The van der Waals surface area contributed by atoms with E-state index < -0.39 is 10.0 Å². The SMILES string of the molecule is CCN(CC(=O)N(C)Cc1cc(OC)c(OC)c(OC)c1)S(=O)(=O)c1ccc(OC)c(C)c1. The van der Waals surface area contributed by atoms with E-state index in [1.54, 1.807) is 45.2 Å². The van der Waals surface area contributed by atoms with Crippen molar-refractivity contribution in [1.82, 2.24) is 9.21 Å². The van der Waals surface area contributed by atoms with Gasteiger partial charge in [0.1, 0.15) is 5.75 Å². The van der Waals surface area contributed by atoms with Crippen molar-refractivity contribution < 1.29 is 32.2 Å². The van der Waals surface area contributed by atoms with Crippen LogP contribution in [0.25, 0.3) is 0 Å². The molecule has 9 nitrogen and oxygen atoms in total. The molecule has 0 aliphatic carbocycles. The Morgan fingerprint density at radius 3 is 1.94 bits per heavy atom. The first kappa shape index (κ1) is 26.3. The van der Waals surface area contributed by atoms with Crippen molar-refractivity contribution in [3.63, 3.8) is 0 Å². The normalized spacial score (nSPS) is 11.3. The molecule has 0 spiro atoms. The molecule has 0 unspecified atom stereocenters. The molecule has 0 heterocycles. The molecule has 2 rings (SSSR count). The van der Waals surface area contributed by atoms with Crippen LogP contribution in [0.4, 0.5) is 0 Å². The van der Waals surface area contributed by atoms with Crippen LogP contribution >= 0.6 is 0 Å². The Labute approximate surface area is 195 Å². The standard InChI is InChI=1S/C23H32N2O7S/c1-8-25(33(27,28)18-9-10-19(29-4)16(2)11-18)15-22(26)24(3)14-17-12-20(30-5)23(32-7)21(13-17)31-6/h9-13H,8,14-15H2,1-7H3. The number of benzene rings is 2. The van der Waals surface area contributed by atoms with Crippen molar-refractivity contribution in [2.24, 2.45) is 0 Å². The molecule has 0 N–H and O–H groups in total. The first-order valence-corrected chi connectivity index (χ1v) is 11.7. The summed E-state index contributed by atoms with van der Waals surface area (Å²) in [5, 5.41) is 0. The van der Waals surface area contributed by atoms with Gasteiger partial charge in [0.2, 0.25) is 21.7 Å². The third kappa shape index (κ3) is 5.88. The number of nitrogens with zero attached hydrogens (tertiary/aromatic N) is 2. The largest absolute Gasteiger partial charge is 0.496 e. The molecule has 2 aromatic rings. The molecule has 0 aliphatic heterocycles. The summed E-state index contributed by atoms with van der Waals surface area (Å²) in [7, 11) is 3.83. The third-order valence-electron chi connectivity index (χ3n) is 5.24. The van der Waals surface area contributed by atoms with Crippen LogP contribution in [0.5, 0.6) is 23.0 Å². The van der Waals surface area contributed by atoms with Crippen molar-refractivity contribution in [2.45, 2.75) is 25.3 Å². The second kappa shape index (κ2) is 11.2. The summed E-state index contributed by atoms with van der Waals surface area (Å²) in [4.78, 5) is 14.5. The van der Waals surface area contributed by atoms with Crippen molar-refractivity contribution in [3.8, 4) is 23.0 Å². The van der Waals surface area contributed by atoms with Gasteiger partial charge in [-0.05, 0) is 48.4 Å². The Kier molecular flexibility index (Phi) is 8.95. The van der Waals surface area contributed by atoms with Crippen LogP contribution in [0.3, 0.4) is 0 Å². The number of hydrogen-bond donors (Lipinski definition) is 0. The van der Waals surface area contributed by atoms with Gasteiger partial charge in [-0.3, -0.25) is 4.79 Å². The summed E-state index contributed by atoms with van der Waals surface area (Å²) in [5.41, 5.74) is 1.44. The van der Waals surface area contributed by atoms with Crippen molar-refractivity contribution >= 4 is 15.9 Å². The predicted molar refractivity (Wildman–Crippen MR) is 125 cm³/mol. The Morgan fingerprint density at radius 1 is 0.909 bits per heavy atom. The summed E-state index contributed by atoms with van der Waals surface area (Å²) in [6.45, 7) is 3.56. The molecular formula is C23H32N2O7S. The molecule has 1 amide bonds. The quantitative estimate of drug-likeness (QED) is 0.488. The van der Waals surface area contributed by atoms with E-state index >= 15 is 0 Å². The fourth-order valence-corrected chi connectivity index (χ4v) is 4.87. The molecular weight excluding hydrogens is 448 g/mol. The highest BCUT2D eigenvalue weighted by Gasteiger charge is 2.27. The predicted octanol–water partition coefficient (Wildman–Crippen LogP) is 2.70. The third-order valence-corrected chi connectivity index (χ3v) is 7.16. The zero-order chi connectivity index (χ0) is 24.8. The lowest BCUT2D eigenvalue weighted by molar-refractivity contribution is -0.130. The lowest BCUT2D eigenvalue weighted by Crippen LogP contribution is -2.41. The molecule has 0 radical (unpaired) electrons. The van der Waals surface area contributed by atoms with Crippen LogP contribution in [-0.4, -0.2) is 72.1 Å². The van der Waals surface area contributed by atoms with Gasteiger partial charge < -0.3 is 23.8 Å². The van der Waals surface area contributed by atoms with Gasteiger partial charge in [-0.2, -0.15) is 4.31 Å². The minimum Gasteiger partial charge on any atom is -0.496 e. The summed E-state index contributed by atoms with van der Waals surface area (Å²) >= 11 is 0. The second-order valence-corrected chi connectivity index (χ2v) is 9.28. The highest BCUT2D eigenvalue weighted by Crippen LogP contribution is 2.38. The molecule has 182 valence electrons. The molecule has 33 heavy (non-hydrogen) atoms. The maximum absolute atomic E-state index is 13.1. The molecule has 0 bridgehead atoms. The average molecular weight is 481 g/mol. The van der Waals surface area contributed by atoms with Crippen LogP contribution in [0, 0.1) is 6.92 Å².